The average Bonchev–Trinajstić information content (AvgIpc) is 2.62. The van der Waals surface area contributed by atoms with Gasteiger partial charge in [0, 0.05) is 31.3 Å². The first-order valence-corrected chi connectivity index (χ1v) is 8.74. The molecule has 2 fully saturated rings. The van der Waals surface area contributed by atoms with Crippen LogP contribution in [0.3, 0.4) is 0 Å². The molecule has 1 N–H and O–H groups in total. The minimum Gasteiger partial charge on any atom is -0.338 e. The Kier molecular flexibility index (Phi) is 4.27. The number of carbonyl (C=O) groups is 1. The van der Waals surface area contributed by atoms with E-state index in [4.69, 9.17) is 0 Å². The van der Waals surface area contributed by atoms with Crippen LogP contribution in [0.25, 0.3) is 0 Å². The second-order valence-corrected chi connectivity index (χ2v) is 7.66. The van der Waals surface area contributed by atoms with Crippen molar-refractivity contribution in [2.24, 2.45) is 0 Å². The van der Waals surface area contributed by atoms with E-state index in [0.717, 1.165) is 19.4 Å². The third kappa shape index (κ3) is 3.45. The van der Waals surface area contributed by atoms with E-state index in [1.807, 2.05) is 4.90 Å². The third-order valence-electron chi connectivity index (χ3n) is 3.83. The minimum absolute atomic E-state index is 0.217. The SMILES string of the molecule is CS(=O)(=O)CCCNC1CC(=O)N2CCCCC12. The molecule has 18 heavy (non-hydrogen) atoms. The maximum Gasteiger partial charge on any atom is 0.224 e. The third-order valence-corrected chi connectivity index (χ3v) is 4.86. The highest BCUT2D eigenvalue weighted by Crippen LogP contribution is 2.28. The molecule has 0 aliphatic carbocycles. The van der Waals surface area contributed by atoms with Crippen molar-refractivity contribution in [1.82, 2.24) is 10.2 Å². The molecule has 2 heterocycles. The van der Waals surface area contributed by atoms with Crippen molar-refractivity contribution < 1.29 is 13.2 Å². The second kappa shape index (κ2) is 5.57. The van der Waals surface area contributed by atoms with Crippen LogP contribution < -0.4 is 5.32 Å². The normalized spacial score (nSPS) is 28.5. The number of amides is 1. The standard InChI is InChI=1S/C12H22N2O3S/c1-18(16,17)8-4-6-13-10-9-12(15)14-7-3-2-5-11(10)14/h10-11,13H,2-9H2,1H3. The van der Waals surface area contributed by atoms with Crippen LogP contribution in [0.1, 0.15) is 32.1 Å². The van der Waals surface area contributed by atoms with Gasteiger partial charge in [-0.3, -0.25) is 4.79 Å². The maximum atomic E-state index is 11.8. The molecule has 0 aromatic carbocycles. The van der Waals surface area contributed by atoms with E-state index < -0.39 is 9.84 Å². The predicted molar refractivity (Wildman–Crippen MR) is 70.1 cm³/mol. The van der Waals surface area contributed by atoms with Gasteiger partial charge >= 0.3 is 0 Å². The summed E-state index contributed by atoms with van der Waals surface area (Å²) in [7, 11) is -2.87. The molecule has 5 nitrogen and oxygen atoms in total. The van der Waals surface area contributed by atoms with Gasteiger partial charge in [0.25, 0.3) is 0 Å². The van der Waals surface area contributed by atoms with Gasteiger partial charge in [-0.25, -0.2) is 8.42 Å². The quantitative estimate of drug-likeness (QED) is 0.726. The Hall–Kier alpha value is -0.620. The van der Waals surface area contributed by atoms with Gasteiger partial charge < -0.3 is 10.2 Å². The van der Waals surface area contributed by atoms with Crippen LogP contribution in [-0.2, 0) is 14.6 Å². The van der Waals surface area contributed by atoms with Gasteiger partial charge in [-0.1, -0.05) is 0 Å². The lowest BCUT2D eigenvalue weighted by Crippen LogP contribution is -2.45. The number of sulfone groups is 1. The summed E-state index contributed by atoms with van der Waals surface area (Å²) in [6.45, 7) is 1.57. The van der Waals surface area contributed by atoms with Gasteiger partial charge in [-0.05, 0) is 32.2 Å². The zero-order valence-electron chi connectivity index (χ0n) is 10.9. The van der Waals surface area contributed by atoms with E-state index in [1.165, 1.54) is 12.7 Å². The number of piperidine rings is 1. The molecule has 104 valence electrons. The Bertz CT molecular complexity index is 408. The average molecular weight is 274 g/mol. The number of carbonyl (C=O) groups excluding carboxylic acids is 1. The van der Waals surface area contributed by atoms with Gasteiger partial charge in [0.15, 0.2) is 0 Å². The van der Waals surface area contributed by atoms with Crippen molar-refractivity contribution in [1.29, 1.82) is 0 Å². The summed E-state index contributed by atoms with van der Waals surface area (Å²) >= 11 is 0. The molecular weight excluding hydrogens is 252 g/mol. The lowest BCUT2D eigenvalue weighted by Gasteiger charge is -2.32. The number of rotatable bonds is 5. The minimum atomic E-state index is -2.87. The van der Waals surface area contributed by atoms with E-state index in [0.29, 0.717) is 25.4 Å². The first-order chi connectivity index (χ1) is 8.47. The summed E-state index contributed by atoms with van der Waals surface area (Å²) in [6.07, 6.45) is 5.84. The second-order valence-electron chi connectivity index (χ2n) is 5.40. The summed E-state index contributed by atoms with van der Waals surface area (Å²) < 4.78 is 22.0. The summed E-state index contributed by atoms with van der Waals surface area (Å²) in [5.41, 5.74) is 0. The number of fused-ring (bicyclic) bond motifs is 1. The van der Waals surface area contributed by atoms with Crippen LogP contribution in [0, 0.1) is 0 Å². The van der Waals surface area contributed by atoms with Crippen LogP contribution in [0.15, 0.2) is 0 Å². The van der Waals surface area contributed by atoms with Crippen molar-refractivity contribution in [2.75, 3.05) is 25.1 Å². The molecule has 2 unspecified atom stereocenters. The Morgan fingerprint density at radius 3 is 2.89 bits per heavy atom. The number of hydrogen-bond acceptors (Lipinski definition) is 4. The van der Waals surface area contributed by atoms with E-state index in [2.05, 4.69) is 5.32 Å². The molecule has 0 aromatic heterocycles. The molecule has 2 saturated heterocycles. The van der Waals surface area contributed by atoms with Crippen LogP contribution in [0.2, 0.25) is 0 Å². The molecule has 2 aliphatic heterocycles. The van der Waals surface area contributed by atoms with Crippen molar-refractivity contribution in [3.63, 3.8) is 0 Å². The number of nitrogens with zero attached hydrogens (tertiary/aromatic N) is 1. The van der Waals surface area contributed by atoms with Gasteiger partial charge in [-0.15, -0.1) is 0 Å². The van der Waals surface area contributed by atoms with E-state index >= 15 is 0 Å². The van der Waals surface area contributed by atoms with Crippen molar-refractivity contribution in [3.05, 3.63) is 0 Å². The van der Waals surface area contributed by atoms with Gasteiger partial charge in [-0.2, -0.15) is 0 Å². The Morgan fingerprint density at radius 1 is 1.39 bits per heavy atom. The summed E-state index contributed by atoms with van der Waals surface area (Å²) in [4.78, 5) is 13.8. The first kappa shape index (κ1) is 13.8. The molecule has 2 aliphatic rings. The molecule has 6 heteroatoms. The molecule has 0 spiro atoms. The fraction of sp³-hybridized carbons (Fsp3) is 0.917. The van der Waals surface area contributed by atoms with Gasteiger partial charge in [0.1, 0.15) is 9.84 Å². The number of nitrogens with one attached hydrogen (secondary N) is 1. The molecule has 1 amide bonds. The molecular formula is C12H22N2O3S. The Morgan fingerprint density at radius 2 is 2.17 bits per heavy atom. The zero-order chi connectivity index (χ0) is 13.2. The lowest BCUT2D eigenvalue weighted by molar-refractivity contribution is -0.129. The highest BCUT2D eigenvalue weighted by atomic mass is 32.2. The monoisotopic (exact) mass is 274 g/mol. The molecule has 2 rings (SSSR count). The van der Waals surface area contributed by atoms with Crippen molar-refractivity contribution in [2.45, 2.75) is 44.2 Å². The maximum absolute atomic E-state index is 11.8. The van der Waals surface area contributed by atoms with E-state index in [-0.39, 0.29) is 17.7 Å². The Balaban J connectivity index is 1.78. The van der Waals surface area contributed by atoms with Gasteiger partial charge in [0.05, 0.1) is 5.75 Å². The molecule has 0 bridgehead atoms. The lowest BCUT2D eigenvalue weighted by atomic mass is 9.99. The smallest absolute Gasteiger partial charge is 0.224 e. The summed E-state index contributed by atoms with van der Waals surface area (Å²) in [5, 5.41) is 3.36. The predicted octanol–water partition coefficient (Wildman–Crippen LogP) is 0.164. The van der Waals surface area contributed by atoms with Crippen LogP contribution >= 0.6 is 0 Å². The van der Waals surface area contributed by atoms with E-state index in [1.54, 1.807) is 0 Å². The van der Waals surface area contributed by atoms with Crippen LogP contribution in [-0.4, -0.2) is 56.4 Å². The van der Waals surface area contributed by atoms with Crippen molar-refractivity contribution in [3.8, 4) is 0 Å². The molecule has 0 saturated carbocycles. The topological polar surface area (TPSA) is 66.5 Å². The highest BCUT2D eigenvalue weighted by molar-refractivity contribution is 7.90. The largest absolute Gasteiger partial charge is 0.338 e. The van der Waals surface area contributed by atoms with Crippen LogP contribution in [0.5, 0.6) is 0 Å². The zero-order valence-corrected chi connectivity index (χ0v) is 11.7. The molecule has 2 atom stereocenters. The summed E-state index contributed by atoms with van der Waals surface area (Å²) in [6, 6.07) is 0.557. The Labute approximate surface area is 109 Å². The molecule has 0 radical (unpaired) electrons. The summed E-state index contributed by atoms with van der Waals surface area (Å²) in [5.74, 6) is 0.468. The van der Waals surface area contributed by atoms with E-state index in [9.17, 15) is 13.2 Å². The molecule has 0 aromatic rings. The van der Waals surface area contributed by atoms with Crippen LogP contribution in [0.4, 0.5) is 0 Å². The van der Waals surface area contributed by atoms with Gasteiger partial charge in [0.2, 0.25) is 5.91 Å². The fourth-order valence-electron chi connectivity index (χ4n) is 2.96. The fourth-order valence-corrected chi connectivity index (χ4v) is 3.63. The van der Waals surface area contributed by atoms with Crippen molar-refractivity contribution >= 4 is 15.7 Å². The number of hydrogen-bond donors (Lipinski definition) is 1. The first-order valence-electron chi connectivity index (χ1n) is 6.68. The highest BCUT2D eigenvalue weighted by Gasteiger charge is 2.40.